The van der Waals surface area contributed by atoms with Crippen LogP contribution in [-0.2, 0) is 8.07 Å². The summed E-state index contributed by atoms with van der Waals surface area (Å²) < 4.78 is 0. The van der Waals surface area contributed by atoms with Gasteiger partial charge in [-0.1, -0.05) is 0 Å². The Morgan fingerprint density at radius 2 is 0.882 bits per heavy atom. The summed E-state index contributed by atoms with van der Waals surface area (Å²) in [7, 11) is 9.56. The van der Waals surface area contributed by atoms with Gasteiger partial charge >= 0.3 is 49.0 Å². The summed E-state index contributed by atoms with van der Waals surface area (Å²) in [4.78, 5) is 8.00. The van der Waals surface area contributed by atoms with Crippen molar-refractivity contribution in [1.29, 1.82) is 0 Å². The Morgan fingerprint density at radius 3 is 0.941 bits per heavy atom. The molecule has 17 heavy (non-hydrogen) atoms. The zero-order valence-electron chi connectivity index (χ0n) is 10.3. The number of hydrogen-bond acceptors (Lipinski definition) is 4. The molecule has 2 aliphatic rings. The number of nitrogens with zero attached hydrogens (tertiary/aromatic N) is 4. The monoisotopic (exact) mass is 506 g/mol. The van der Waals surface area contributed by atoms with Gasteiger partial charge in [-0.15, -0.1) is 0 Å². The molecule has 7 heteroatoms. The molecule has 0 amide bonds. The number of halogens is 2. The van der Waals surface area contributed by atoms with Crippen LogP contribution in [0.3, 0.4) is 0 Å². The number of rotatable bonds is 0. The van der Waals surface area contributed by atoms with Crippen molar-refractivity contribution >= 4 is 41.0 Å². The molecule has 0 radical (unpaired) electrons. The molecule has 2 aliphatic heterocycles. The van der Waals surface area contributed by atoms with E-state index in [4.69, 9.17) is 0 Å². The summed E-state index contributed by atoms with van der Waals surface area (Å²) in [6.07, 6.45) is 8.00. The van der Waals surface area contributed by atoms with E-state index in [2.05, 4.69) is 41.0 Å². The first-order valence-corrected chi connectivity index (χ1v) is 11.1. The first-order chi connectivity index (χ1) is 7.99. The van der Waals surface area contributed by atoms with Gasteiger partial charge in [-0.05, 0) is 53.0 Å². The average molecular weight is 507 g/mol. The van der Waals surface area contributed by atoms with Gasteiger partial charge in [-0.25, -0.2) is 0 Å². The Morgan fingerprint density at radius 1 is 0.706 bits per heavy atom. The Kier molecular flexibility index (Phi) is 10.9. The Bertz CT molecular complexity index is 206. The molecule has 0 fully saturated rings. The van der Waals surface area contributed by atoms with E-state index in [1.54, 1.807) is 8.07 Å². The molecule has 0 saturated carbocycles. The van der Waals surface area contributed by atoms with Gasteiger partial charge in [0.05, 0.1) is 0 Å². The third kappa shape index (κ3) is 10.3. The predicted octanol–water partition coefficient (Wildman–Crippen LogP) is 2.68. The second kappa shape index (κ2) is 10.5. The molecule has 0 spiro atoms. The third-order valence-corrected chi connectivity index (χ3v) is 1.80. The van der Waals surface area contributed by atoms with Gasteiger partial charge in [0.15, 0.2) is 0 Å². The fourth-order valence-electron chi connectivity index (χ4n) is 1.15. The standard InChI is InChI=1S/2C5H9N2.2HI.Ni/c2*1-6-3-4-7(2)5-6;;;/h2*3-5H,1-2H3;2*1H;/q2*-1;;;+4/p-2. The van der Waals surface area contributed by atoms with Gasteiger partial charge in [-0.3, -0.25) is 0 Å². The topological polar surface area (TPSA) is 13.0 Å². The van der Waals surface area contributed by atoms with Crippen molar-refractivity contribution in [3.05, 3.63) is 38.1 Å². The van der Waals surface area contributed by atoms with Crippen molar-refractivity contribution in [2.45, 2.75) is 0 Å². The molecule has 0 aromatic carbocycles. The van der Waals surface area contributed by atoms with Crippen molar-refractivity contribution in [3.63, 3.8) is 0 Å². The van der Waals surface area contributed by atoms with E-state index in [1.165, 1.54) is 0 Å². The van der Waals surface area contributed by atoms with E-state index in [9.17, 15) is 0 Å². The van der Waals surface area contributed by atoms with Crippen LogP contribution in [-0.4, -0.2) is 47.8 Å². The molecule has 4 nitrogen and oxygen atoms in total. The van der Waals surface area contributed by atoms with Crippen LogP contribution in [0.1, 0.15) is 0 Å². The van der Waals surface area contributed by atoms with Crippen molar-refractivity contribution in [1.82, 2.24) is 19.6 Å². The van der Waals surface area contributed by atoms with Crippen LogP contribution in [0.15, 0.2) is 24.8 Å². The first-order valence-electron chi connectivity index (χ1n) is 4.76. The molecule has 2 heterocycles. The minimum atomic E-state index is 1.56. The van der Waals surface area contributed by atoms with Crippen LogP contribution in [0.2, 0.25) is 0 Å². The molecule has 0 aromatic heterocycles. The van der Waals surface area contributed by atoms with E-state index in [1.807, 2.05) is 85.9 Å². The summed E-state index contributed by atoms with van der Waals surface area (Å²) >= 11 is 4.43. The number of hydrogen-bond donors (Lipinski definition) is 0. The van der Waals surface area contributed by atoms with Crippen LogP contribution < -0.4 is 0 Å². The van der Waals surface area contributed by atoms with Gasteiger partial charge in [-0.2, -0.15) is 13.3 Å². The fourth-order valence-corrected chi connectivity index (χ4v) is 1.15. The molecule has 0 unspecified atom stereocenters. The summed E-state index contributed by atoms with van der Waals surface area (Å²) in [6.45, 7) is 4.00. The average Bonchev–Trinajstić information content (AvgIpc) is 2.78. The van der Waals surface area contributed by atoms with Gasteiger partial charge in [0.1, 0.15) is 0 Å². The molecule has 0 N–H and O–H groups in total. The van der Waals surface area contributed by atoms with Gasteiger partial charge < -0.3 is 19.6 Å². The second-order valence-electron chi connectivity index (χ2n) is 3.53. The quantitative estimate of drug-likeness (QED) is 0.285. The van der Waals surface area contributed by atoms with Gasteiger partial charge in [0.2, 0.25) is 0 Å². The first kappa shape index (κ1) is 17.6. The molecule has 0 saturated heterocycles. The summed E-state index contributed by atoms with van der Waals surface area (Å²) in [6, 6.07) is 0. The van der Waals surface area contributed by atoms with Crippen LogP contribution in [0.5, 0.6) is 0 Å². The molecule has 0 aliphatic carbocycles. The molecular formula is C10H18I2N4Ni. The van der Waals surface area contributed by atoms with Crippen LogP contribution in [0.4, 0.5) is 0 Å². The maximum atomic E-state index is 2.21. The zero-order chi connectivity index (χ0) is 13.3. The molecule has 0 aromatic rings. The van der Waals surface area contributed by atoms with E-state index >= 15 is 0 Å². The summed E-state index contributed by atoms with van der Waals surface area (Å²) in [5, 5.41) is 0. The van der Waals surface area contributed by atoms with Crippen LogP contribution in [0, 0.1) is 13.3 Å². The van der Waals surface area contributed by atoms with E-state index < -0.39 is 0 Å². The third-order valence-electron chi connectivity index (χ3n) is 1.80. The van der Waals surface area contributed by atoms with Crippen molar-refractivity contribution in [2.75, 3.05) is 28.2 Å². The minimum absolute atomic E-state index is 1.56. The Balaban J connectivity index is 0.000000247. The van der Waals surface area contributed by atoms with Crippen LogP contribution >= 0.6 is 41.0 Å². The van der Waals surface area contributed by atoms with Crippen molar-refractivity contribution in [2.24, 2.45) is 0 Å². The van der Waals surface area contributed by atoms with E-state index in [-0.39, 0.29) is 0 Å². The Labute approximate surface area is 134 Å². The van der Waals surface area contributed by atoms with Gasteiger partial charge in [0.25, 0.3) is 0 Å². The molecule has 102 valence electrons. The molecule has 2 rings (SSSR count). The Hall–Kier alpha value is 0.634. The SMILES string of the molecule is CN1C=CN(C)[CH-]1.CN1C=CN(C)[CH-]1.[I][Ni+2][I]. The molecular weight excluding hydrogens is 489 g/mol. The van der Waals surface area contributed by atoms with E-state index in [0.717, 1.165) is 0 Å². The molecule has 0 bridgehead atoms. The summed E-state index contributed by atoms with van der Waals surface area (Å²) in [5.74, 6) is 0. The normalized spacial score (nSPS) is 17.1. The second-order valence-corrected chi connectivity index (χ2v) is 11.9. The summed E-state index contributed by atoms with van der Waals surface area (Å²) in [5.41, 5.74) is 0. The fraction of sp³-hybridized carbons (Fsp3) is 0.400. The maximum absolute atomic E-state index is 2.21. The predicted molar refractivity (Wildman–Crippen MR) is 86.0 cm³/mol. The molecule has 0 atom stereocenters. The van der Waals surface area contributed by atoms with E-state index in [0.29, 0.717) is 0 Å². The van der Waals surface area contributed by atoms with Gasteiger partial charge in [0, 0.05) is 0 Å². The van der Waals surface area contributed by atoms with Crippen molar-refractivity contribution < 1.29 is 8.07 Å². The van der Waals surface area contributed by atoms with Crippen LogP contribution in [0.25, 0.3) is 0 Å². The zero-order valence-corrected chi connectivity index (χ0v) is 15.6. The van der Waals surface area contributed by atoms with Crippen molar-refractivity contribution in [3.8, 4) is 0 Å².